The van der Waals surface area contributed by atoms with Crippen molar-refractivity contribution in [3.8, 4) is 11.5 Å². The van der Waals surface area contributed by atoms with E-state index < -0.39 is 10.8 Å². The molecule has 0 aliphatic heterocycles. The first-order chi connectivity index (χ1) is 9.08. The molecule has 2 rings (SSSR count). The fourth-order valence-electron chi connectivity index (χ4n) is 1.53. The van der Waals surface area contributed by atoms with Gasteiger partial charge in [0.2, 0.25) is 0 Å². The Bertz CT molecular complexity index is 626. The highest BCUT2D eigenvalue weighted by molar-refractivity contribution is 5.96. The van der Waals surface area contributed by atoms with Crippen molar-refractivity contribution in [1.29, 1.82) is 0 Å². The number of carbonyl (C=O) groups is 1. The first kappa shape index (κ1) is 12.6. The van der Waals surface area contributed by atoms with Gasteiger partial charge in [0, 0.05) is 12.1 Å². The lowest BCUT2D eigenvalue weighted by atomic mass is 10.1. The number of nitrogens with zero attached hydrogens (tertiary/aromatic N) is 1. The number of hydrogen-bond donors (Lipinski definition) is 1. The topological polar surface area (TPSA) is 95.5 Å². The quantitative estimate of drug-likeness (QED) is 0.673. The molecule has 0 aliphatic carbocycles. The standard InChI is InChI=1S/C13H10N2O4/c14-13(16)11-8-9(15(17)18)6-7-12(11)19-10-4-2-1-3-5-10/h1-8H,(H2,14,16). The summed E-state index contributed by atoms with van der Waals surface area (Å²) < 4.78 is 5.48. The lowest BCUT2D eigenvalue weighted by Crippen LogP contribution is -2.12. The maximum absolute atomic E-state index is 11.3. The van der Waals surface area contributed by atoms with Gasteiger partial charge in [0.25, 0.3) is 11.6 Å². The van der Waals surface area contributed by atoms with Gasteiger partial charge in [-0.25, -0.2) is 0 Å². The second-order valence-corrected chi connectivity index (χ2v) is 3.72. The lowest BCUT2D eigenvalue weighted by Gasteiger charge is -2.08. The fourth-order valence-corrected chi connectivity index (χ4v) is 1.53. The summed E-state index contributed by atoms with van der Waals surface area (Å²) in [5, 5.41) is 10.7. The molecule has 6 nitrogen and oxygen atoms in total. The number of non-ortho nitro benzene ring substituents is 1. The number of amides is 1. The van der Waals surface area contributed by atoms with Crippen LogP contribution in [0.2, 0.25) is 0 Å². The van der Waals surface area contributed by atoms with Crippen molar-refractivity contribution in [3.63, 3.8) is 0 Å². The van der Waals surface area contributed by atoms with Crippen molar-refractivity contribution in [1.82, 2.24) is 0 Å². The molecule has 0 saturated carbocycles. The van der Waals surface area contributed by atoms with Crippen LogP contribution in [-0.4, -0.2) is 10.8 Å². The van der Waals surface area contributed by atoms with E-state index in [2.05, 4.69) is 0 Å². The zero-order valence-corrected chi connectivity index (χ0v) is 9.78. The van der Waals surface area contributed by atoms with Crippen LogP contribution in [0.5, 0.6) is 11.5 Å². The monoisotopic (exact) mass is 258 g/mol. The average Bonchev–Trinajstić information content (AvgIpc) is 2.39. The molecule has 0 fully saturated rings. The predicted molar refractivity (Wildman–Crippen MR) is 68.1 cm³/mol. The van der Waals surface area contributed by atoms with Gasteiger partial charge in [0.1, 0.15) is 11.5 Å². The Morgan fingerprint density at radius 1 is 1.16 bits per heavy atom. The third kappa shape index (κ3) is 2.86. The summed E-state index contributed by atoms with van der Waals surface area (Å²) >= 11 is 0. The van der Waals surface area contributed by atoms with Crippen LogP contribution in [0.3, 0.4) is 0 Å². The number of carbonyl (C=O) groups excluding carboxylic acids is 1. The van der Waals surface area contributed by atoms with Crippen LogP contribution in [-0.2, 0) is 0 Å². The average molecular weight is 258 g/mol. The highest BCUT2D eigenvalue weighted by atomic mass is 16.6. The van der Waals surface area contributed by atoms with Crippen LogP contribution in [0.15, 0.2) is 48.5 Å². The smallest absolute Gasteiger partial charge is 0.270 e. The van der Waals surface area contributed by atoms with Crippen LogP contribution in [0.4, 0.5) is 5.69 Å². The fraction of sp³-hybridized carbons (Fsp3) is 0. The summed E-state index contributed by atoms with van der Waals surface area (Å²) in [4.78, 5) is 21.4. The van der Waals surface area contributed by atoms with Crippen LogP contribution >= 0.6 is 0 Å². The largest absolute Gasteiger partial charge is 0.457 e. The summed E-state index contributed by atoms with van der Waals surface area (Å²) in [5.41, 5.74) is 4.95. The first-order valence-electron chi connectivity index (χ1n) is 5.39. The molecule has 0 saturated heterocycles. The Hall–Kier alpha value is -2.89. The van der Waals surface area contributed by atoms with Gasteiger partial charge in [-0.15, -0.1) is 0 Å². The van der Waals surface area contributed by atoms with Crippen LogP contribution in [0.1, 0.15) is 10.4 Å². The molecule has 0 bridgehead atoms. The number of benzene rings is 2. The van der Waals surface area contributed by atoms with E-state index in [4.69, 9.17) is 10.5 Å². The van der Waals surface area contributed by atoms with Gasteiger partial charge in [-0.05, 0) is 18.2 Å². The second kappa shape index (κ2) is 5.18. The molecule has 0 atom stereocenters. The molecular weight excluding hydrogens is 248 g/mol. The summed E-state index contributed by atoms with van der Waals surface area (Å²) in [6.45, 7) is 0. The minimum absolute atomic E-state index is 0.0296. The zero-order chi connectivity index (χ0) is 13.8. The van der Waals surface area contributed by atoms with Crippen molar-refractivity contribution >= 4 is 11.6 Å². The van der Waals surface area contributed by atoms with Gasteiger partial charge in [0.15, 0.2) is 0 Å². The Labute approximate surface area is 108 Å². The molecule has 2 aromatic carbocycles. The molecule has 1 amide bonds. The molecule has 96 valence electrons. The normalized spacial score (nSPS) is 9.89. The molecule has 0 unspecified atom stereocenters. The Balaban J connectivity index is 2.40. The molecule has 2 aromatic rings. The third-order valence-electron chi connectivity index (χ3n) is 2.41. The van der Waals surface area contributed by atoms with Crippen LogP contribution in [0, 0.1) is 10.1 Å². The van der Waals surface area contributed by atoms with E-state index in [9.17, 15) is 14.9 Å². The minimum atomic E-state index is -0.783. The first-order valence-corrected chi connectivity index (χ1v) is 5.39. The molecule has 0 radical (unpaired) electrons. The Morgan fingerprint density at radius 3 is 2.42 bits per heavy atom. The van der Waals surface area contributed by atoms with Crippen LogP contribution in [0.25, 0.3) is 0 Å². The summed E-state index contributed by atoms with van der Waals surface area (Å²) in [6, 6.07) is 12.5. The summed E-state index contributed by atoms with van der Waals surface area (Å²) in [6.07, 6.45) is 0. The lowest BCUT2D eigenvalue weighted by molar-refractivity contribution is -0.384. The van der Waals surface area contributed by atoms with Gasteiger partial charge in [-0.1, -0.05) is 18.2 Å². The molecule has 19 heavy (non-hydrogen) atoms. The van der Waals surface area contributed by atoms with Crippen LogP contribution < -0.4 is 10.5 Å². The van der Waals surface area contributed by atoms with Gasteiger partial charge in [0.05, 0.1) is 10.5 Å². The second-order valence-electron chi connectivity index (χ2n) is 3.72. The van der Waals surface area contributed by atoms with Gasteiger partial charge in [-0.3, -0.25) is 14.9 Å². The van der Waals surface area contributed by atoms with Crippen molar-refractivity contribution in [3.05, 3.63) is 64.2 Å². The predicted octanol–water partition coefficient (Wildman–Crippen LogP) is 2.49. The highest BCUT2D eigenvalue weighted by Gasteiger charge is 2.16. The minimum Gasteiger partial charge on any atom is -0.457 e. The van der Waals surface area contributed by atoms with E-state index >= 15 is 0 Å². The molecular formula is C13H10N2O4. The van der Waals surface area contributed by atoms with Crippen molar-refractivity contribution in [2.45, 2.75) is 0 Å². The third-order valence-corrected chi connectivity index (χ3v) is 2.41. The zero-order valence-electron chi connectivity index (χ0n) is 9.78. The van der Waals surface area contributed by atoms with Gasteiger partial charge in [-0.2, -0.15) is 0 Å². The molecule has 2 N–H and O–H groups in total. The molecule has 0 aliphatic rings. The number of para-hydroxylation sites is 1. The van der Waals surface area contributed by atoms with Gasteiger partial charge >= 0.3 is 0 Å². The van der Waals surface area contributed by atoms with Crippen molar-refractivity contribution < 1.29 is 14.5 Å². The van der Waals surface area contributed by atoms with E-state index in [1.807, 2.05) is 6.07 Å². The number of nitro groups is 1. The SMILES string of the molecule is NC(=O)c1cc([N+](=O)[O-])ccc1Oc1ccccc1. The molecule has 6 heteroatoms. The summed E-state index contributed by atoms with van der Waals surface area (Å²) in [7, 11) is 0. The maximum atomic E-state index is 11.3. The Kier molecular flexibility index (Phi) is 3.42. The van der Waals surface area contributed by atoms with E-state index in [0.717, 1.165) is 6.07 Å². The van der Waals surface area contributed by atoms with Gasteiger partial charge < -0.3 is 10.5 Å². The van der Waals surface area contributed by atoms with E-state index in [0.29, 0.717) is 5.75 Å². The Morgan fingerprint density at radius 2 is 1.84 bits per heavy atom. The number of primary amides is 1. The number of nitrogens with two attached hydrogens (primary N) is 1. The molecule has 0 heterocycles. The van der Waals surface area contributed by atoms with E-state index in [-0.39, 0.29) is 17.0 Å². The van der Waals surface area contributed by atoms with Crippen molar-refractivity contribution in [2.75, 3.05) is 0 Å². The summed E-state index contributed by atoms with van der Waals surface area (Å²) in [5.74, 6) is -0.0854. The molecule has 0 aromatic heterocycles. The van der Waals surface area contributed by atoms with Crippen molar-refractivity contribution in [2.24, 2.45) is 5.73 Å². The molecule has 0 spiro atoms. The number of ether oxygens (including phenoxy) is 1. The highest BCUT2D eigenvalue weighted by Crippen LogP contribution is 2.28. The number of hydrogen-bond acceptors (Lipinski definition) is 4. The maximum Gasteiger partial charge on any atom is 0.270 e. The number of rotatable bonds is 4. The number of nitro benzene ring substituents is 1. The van der Waals surface area contributed by atoms with E-state index in [1.165, 1.54) is 12.1 Å². The van der Waals surface area contributed by atoms with E-state index in [1.54, 1.807) is 24.3 Å².